The second-order valence-corrected chi connectivity index (χ2v) is 6.54. The highest BCUT2D eigenvalue weighted by Gasteiger charge is 2.11. The first kappa shape index (κ1) is 17.8. The van der Waals surface area contributed by atoms with Crippen LogP contribution in [-0.2, 0) is 0 Å². The molecule has 2 aromatic heterocycles. The maximum Gasteiger partial charge on any atom is 0.160 e. The van der Waals surface area contributed by atoms with Crippen LogP contribution >= 0.6 is 0 Å². The highest BCUT2D eigenvalue weighted by atomic mass is 19.1. The monoisotopic (exact) mass is 378 g/mol. The number of fused-ring (bicyclic) bond motifs is 1. The van der Waals surface area contributed by atoms with Crippen molar-refractivity contribution in [2.24, 2.45) is 0 Å². The largest absolute Gasteiger partial charge is 0.491 e. The lowest BCUT2D eigenvalue weighted by molar-refractivity contribution is 0.243. The predicted molar refractivity (Wildman–Crippen MR) is 106 cm³/mol. The molecular weight excluding hydrogens is 359 g/mol. The van der Waals surface area contributed by atoms with Gasteiger partial charge in [-0.15, -0.1) is 0 Å². The summed E-state index contributed by atoms with van der Waals surface area (Å²) in [6.07, 6.45) is 1.74. The van der Waals surface area contributed by atoms with Crippen molar-refractivity contribution in [3.63, 3.8) is 0 Å². The van der Waals surface area contributed by atoms with E-state index in [4.69, 9.17) is 9.57 Å². The Morgan fingerprint density at radius 1 is 1.04 bits per heavy atom. The van der Waals surface area contributed by atoms with Gasteiger partial charge in [0.05, 0.1) is 11.6 Å². The maximum absolute atomic E-state index is 13.3. The molecule has 0 aliphatic heterocycles. The second-order valence-electron chi connectivity index (χ2n) is 6.54. The minimum Gasteiger partial charge on any atom is -0.491 e. The third-order valence-corrected chi connectivity index (χ3v) is 4.01. The number of nitrogens with one attached hydrogen (secondary N) is 2. The quantitative estimate of drug-likeness (QED) is 0.464. The SMILES string of the molecule is CC(C)Oc1ccc2[nH]nc(-c3ccnc(NOc4cccc(F)c4)c3)c2c1. The van der Waals surface area contributed by atoms with E-state index in [0.717, 1.165) is 27.9 Å². The van der Waals surface area contributed by atoms with Crippen molar-refractivity contribution in [2.75, 3.05) is 5.48 Å². The zero-order valence-electron chi connectivity index (χ0n) is 15.4. The summed E-state index contributed by atoms with van der Waals surface area (Å²) in [6.45, 7) is 3.97. The molecule has 2 N–H and O–H groups in total. The molecule has 0 fully saturated rings. The average molecular weight is 378 g/mol. The van der Waals surface area contributed by atoms with Gasteiger partial charge in [-0.2, -0.15) is 5.10 Å². The lowest BCUT2D eigenvalue weighted by atomic mass is 10.1. The Hall–Kier alpha value is -3.61. The summed E-state index contributed by atoms with van der Waals surface area (Å²) in [4.78, 5) is 9.63. The Balaban J connectivity index is 1.60. The summed E-state index contributed by atoms with van der Waals surface area (Å²) in [6, 6.07) is 15.3. The number of H-pyrrole nitrogens is 1. The molecule has 0 aliphatic carbocycles. The van der Waals surface area contributed by atoms with Gasteiger partial charge in [0.25, 0.3) is 0 Å². The number of rotatable bonds is 6. The van der Waals surface area contributed by atoms with Gasteiger partial charge in [0.15, 0.2) is 11.6 Å². The van der Waals surface area contributed by atoms with E-state index < -0.39 is 0 Å². The van der Waals surface area contributed by atoms with Crippen LogP contribution in [0.2, 0.25) is 0 Å². The fourth-order valence-electron chi connectivity index (χ4n) is 2.83. The molecule has 0 unspecified atom stereocenters. The van der Waals surface area contributed by atoms with E-state index in [-0.39, 0.29) is 11.9 Å². The highest BCUT2D eigenvalue weighted by molar-refractivity contribution is 5.94. The maximum atomic E-state index is 13.3. The number of hydrogen-bond acceptors (Lipinski definition) is 5. The predicted octanol–water partition coefficient (Wildman–Crippen LogP) is 4.96. The lowest BCUT2D eigenvalue weighted by Gasteiger charge is -2.10. The van der Waals surface area contributed by atoms with E-state index in [0.29, 0.717) is 11.6 Å². The van der Waals surface area contributed by atoms with Gasteiger partial charge >= 0.3 is 0 Å². The van der Waals surface area contributed by atoms with E-state index >= 15 is 0 Å². The third kappa shape index (κ3) is 3.88. The number of halogens is 1. The first-order valence-corrected chi connectivity index (χ1v) is 8.88. The minimum absolute atomic E-state index is 0.0875. The van der Waals surface area contributed by atoms with Gasteiger partial charge in [-0.3, -0.25) is 5.10 Å². The zero-order valence-corrected chi connectivity index (χ0v) is 15.4. The van der Waals surface area contributed by atoms with E-state index in [2.05, 4.69) is 20.7 Å². The van der Waals surface area contributed by atoms with Gasteiger partial charge in [0.1, 0.15) is 17.3 Å². The van der Waals surface area contributed by atoms with Gasteiger partial charge in [0.2, 0.25) is 0 Å². The molecule has 0 atom stereocenters. The van der Waals surface area contributed by atoms with Crippen LogP contribution in [0.5, 0.6) is 11.5 Å². The normalized spacial score (nSPS) is 11.0. The fraction of sp³-hybridized carbons (Fsp3) is 0.143. The highest BCUT2D eigenvalue weighted by Crippen LogP contribution is 2.30. The molecular formula is C21H19FN4O2. The Labute approximate surface area is 161 Å². The Bertz CT molecular complexity index is 1110. The molecule has 0 amide bonds. The molecule has 2 aromatic carbocycles. The third-order valence-electron chi connectivity index (χ3n) is 4.01. The number of aromatic nitrogens is 3. The van der Waals surface area contributed by atoms with Crippen molar-refractivity contribution < 1.29 is 14.0 Å². The average Bonchev–Trinajstić information content (AvgIpc) is 3.09. The second kappa shape index (κ2) is 7.56. The summed E-state index contributed by atoms with van der Waals surface area (Å²) in [7, 11) is 0. The van der Waals surface area contributed by atoms with Gasteiger partial charge in [-0.25, -0.2) is 14.9 Å². The topological polar surface area (TPSA) is 72.1 Å². The van der Waals surface area contributed by atoms with E-state index in [1.807, 2.05) is 44.2 Å². The molecule has 4 aromatic rings. The molecule has 2 heterocycles. The van der Waals surface area contributed by atoms with Crippen LogP contribution in [-0.4, -0.2) is 21.3 Å². The lowest BCUT2D eigenvalue weighted by Crippen LogP contribution is -2.06. The van der Waals surface area contributed by atoms with Crippen LogP contribution in [0.15, 0.2) is 60.8 Å². The van der Waals surface area contributed by atoms with E-state index in [1.165, 1.54) is 12.1 Å². The van der Waals surface area contributed by atoms with Gasteiger partial charge < -0.3 is 9.57 Å². The molecule has 7 heteroatoms. The first-order valence-electron chi connectivity index (χ1n) is 8.88. The van der Waals surface area contributed by atoms with Crippen LogP contribution < -0.4 is 15.1 Å². The van der Waals surface area contributed by atoms with Gasteiger partial charge in [0, 0.05) is 23.2 Å². The Morgan fingerprint density at radius 3 is 2.75 bits per heavy atom. The van der Waals surface area contributed by atoms with Crippen molar-refractivity contribution in [2.45, 2.75) is 20.0 Å². The number of pyridine rings is 1. The van der Waals surface area contributed by atoms with Crippen LogP contribution in [0.25, 0.3) is 22.2 Å². The fourth-order valence-corrected chi connectivity index (χ4v) is 2.83. The van der Waals surface area contributed by atoms with Crippen LogP contribution in [0.4, 0.5) is 10.2 Å². The zero-order chi connectivity index (χ0) is 19.5. The Kier molecular flexibility index (Phi) is 4.80. The molecule has 0 aliphatic rings. The number of benzene rings is 2. The molecule has 0 spiro atoms. The number of anilines is 1. The van der Waals surface area contributed by atoms with Crippen LogP contribution in [0.3, 0.4) is 0 Å². The molecule has 0 bridgehead atoms. The molecule has 6 nitrogen and oxygen atoms in total. The smallest absolute Gasteiger partial charge is 0.160 e. The standard InChI is InChI=1S/C21H19FN4O2/c1-13(2)27-16-6-7-19-18(12-16)21(25-24-19)14-8-9-23-20(10-14)26-28-17-5-3-4-15(22)11-17/h3-13H,1-2H3,(H,23,26)(H,24,25). The van der Waals surface area contributed by atoms with Gasteiger partial charge in [-0.05, 0) is 56.3 Å². The molecule has 4 rings (SSSR count). The van der Waals surface area contributed by atoms with Crippen molar-refractivity contribution in [1.29, 1.82) is 0 Å². The molecule has 0 radical (unpaired) electrons. The van der Waals surface area contributed by atoms with Crippen molar-refractivity contribution in [3.05, 3.63) is 66.6 Å². The van der Waals surface area contributed by atoms with E-state index in [1.54, 1.807) is 18.3 Å². The molecule has 0 saturated heterocycles. The minimum atomic E-state index is -0.372. The summed E-state index contributed by atoms with van der Waals surface area (Å²) in [5.41, 5.74) is 5.28. The Morgan fingerprint density at radius 2 is 1.93 bits per heavy atom. The van der Waals surface area contributed by atoms with E-state index in [9.17, 15) is 4.39 Å². The van der Waals surface area contributed by atoms with Crippen molar-refractivity contribution >= 4 is 16.7 Å². The summed E-state index contributed by atoms with van der Waals surface area (Å²) in [5, 5.41) is 8.41. The molecule has 0 saturated carbocycles. The number of nitrogens with zero attached hydrogens (tertiary/aromatic N) is 2. The number of ether oxygens (including phenoxy) is 1. The summed E-state index contributed by atoms with van der Waals surface area (Å²) >= 11 is 0. The van der Waals surface area contributed by atoms with Crippen LogP contribution in [0, 0.1) is 5.82 Å². The number of aromatic amines is 1. The van der Waals surface area contributed by atoms with Gasteiger partial charge in [-0.1, -0.05) is 6.07 Å². The summed E-state index contributed by atoms with van der Waals surface area (Å²) in [5.74, 6) is 1.25. The molecule has 142 valence electrons. The van der Waals surface area contributed by atoms with Crippen molar-refractivity contribution in [3.8, 4) is 22.8 Å². The van der Waals surface area contributed by atoms with Crippen LogP contribution in [0.1, 0.15) is 13.8 Å². The number of hydrogen-bond donors (Lipinski definition) is 2. The summed E-state index contributed by atoms with van der Waals surface area (Å²) < 4.78 is 19.0. The first-order chi connectivity index (χ1) is 13.6. The molecule has 28 heavy (non-hydrogen) atoms. The van der Waals surface area contributed by atoms with Crippen molar-refractivity contribution in [1.82, 2.24) is 15.2 Å².